The Bertz CT molecular complexity index is 1250. The first-order valence-corrected chi connectivity index (χ1v) is 12.4. The predicted molar refractivity (Wildman–Crippen MR) is 136 cm³/mol. The minimum Gasteiger partial charge on any atom is -0.449 e. The first-order chi connectivity index (χ1) is 16.9. The van der Waals surface area contributed by atoms with Crippen LogP contribution in [0.5, 0.6) is 0 Å². The van der Waals surface area contributed by atoms with Crippen LogP contribution in [0.4, 0.5) is 4.39 Å². The fourth-order valence-corrected chi connectivity index (χ4v) is 4.51. The molecule has 0 radical (unpaired) electrons. The zero-order valence-electron chi connectivity index (χ0n) is 21.5. The lowest BCUT2D eigenvalue weighted by Gasteiger charge is -2.36. The highest BCUT2D eigenvalue weighted by atomic mass is 19.1. The molecule has 0 aliphatic carbocycles. The molecule has 1 aromatic carbocycles. The molecule has 1 fully saturated rings. The Morgan fingerprint density at radius 2 is 1.67 bits per heavy atom. The first-order valence-electron chi connectivity index (χ1n) is 12.4. The number of fused-ring (bicyclic) bond motifs is 1. The van der Waals surface area contributed by atoms with E-state index in [0.717, 1.165) is 11.1 Å². The van der Waals surface area contributed by atoms with Crippen molar-refractivity contribution in [2.24, 2.45) is 5.41 Å². The molecular formula is C28H34FN3O4. The molecule has 3 heterocycles. The number of aromatic nitrogens is 1. The summed E-state index contributed by atoms with van der Waals surface area (Å²) in [5.41, 5.74) is 3.37. The minimum absolute atomic E-state index is 0.123. The number of hydrogen-bond donors (Lipinski definition) is 1. The number of pyridine rings is 1. The topological polar surface area (TPSA) is 86.9 Å². The van der Waals surface area contributed by atoms with Crippen molar-refractivity contribution in [3.63, 3.8) is 0 Å². The second kappa shape index (κ2) is 10.0. The second-order valence-electron chi connectivity index (χ2n) is 11.0. The number of carbonyl (C=O) groups is 2. The van der Waals surface area contributed by atoms with Crippen molar-refractivity contribution in [2.75, 3.05) is 26.2 Å². The molecule has 4 rings (SSSR count). The van der Waals surface area contributed by atoms with Crippen LogP contribution in [0.1, 0.15) is 63.1 Å². The Hall–Kier alpha value is -3.26. The van der Waals surface area contributed by atoms with E-state index in [1.54, 1.807) is 28.0 Å². The average molecular weight is 496 g/mol. The maximum atomic E-state index is 13.4. The van der Waals surface area contributed by atoms with Gasteiger partial charge in [-0.25, -0.2) is 9.37 Å². The molecule has 8 heteroatoms. The summed E-state index contributed by atoms with van der Waals surface area (Å²) in [7, 11) is 0. The Morgan fingerprint density at radius 3 is 2.25 bits per heavy atom. The third-order valence-corrected chi connectivity index (χ3v) is 6.45. The monoisotopic (exact) mass is 495 g/mol. The number of aliphatic hydroxyl groups is 1. The van der Waals surface area contributed by atoms with Gasteiger partial charge in [0.25, 0.3) is 11.8 Å². The average Bonchev–Trinajstić information content (AvgIpc) is 3.26. The Morgan fingerprint density at radius 1 is 1.06 bits per heavy atom. The molecule has 0 spiro atoms. The van der Waals surface area contributed by atoms with E-state index in [1.807, 2.05) is 40.7 Å². The minimum atomic E-state index is -1.04. The summed E-state index contributed by atoms with van der Waals surface area (Å²) < 4.78 is 19.4. The molecule has 7 nitrogen and oxygen atoms in total. The standard InChI is InChI=1S/C28H34FN3O4/c1-17(2)20-14-21(18-6-8-19(29)9-7-18)30-22-15-24(36-25(20)22)27(35)32-12-10-31(11-13-32)26(34)23(33)16-28(3,4)5/h6-9,14-15,17,23,33H,10-13,16H2,1-5H3/t23-/m1/s1. The zero-order chi connectivity index (χ0) is 26.2. The van der Waals surface area contributed by atoms with Crippen LogP contribution < -0.4 is 0 Å². The number of hydrogen-bond acceptors (Lipinski definition) is 5. The fraction of sp³-hybridized carbons (Fsp3) is 0.464. The van der Waals surface area contributed by atoms with Gasteiger partial charge >= 0.3 is 0 Å². The van der Waals surface area contributed by atoms with Crippen LogP contribution >= 0.6 is 0 Å². The molecule has 1 atom stereocenters. The second-order valence-corrected chi connectivity index (χ2v) is 11.0. The molecule has 1 aliphatic rings. The van der Waals surface area contributed by atoms with Crippen molar-refractivity contribution in [3.8, 4) is 11.3 Å². The largest absolute Gasteiger partial charge is 0.449 e. The van der Waals surface area contributed by atoms with E-state index in [0.29, 0.717) is 49.4 Å². The van der Waals surface area contributed by atoms with Crippen molar-refractivity contribution in [3.05, 3.63) is 53.5 Å². The smallest absolute Gasteiger partial charge is 0.289 e. The molecule has 1 aliphatic heterocycles. The highest BCUT2D eigenvalue weighted by molar-refractivity contribution is 5.96. The third-order valence-electron chi connectivity index (χ3n) is 6.45. The molecule has 0 saturated carbocycles. The van der Waals surface area contributed by atoms with Crippen LogP contribution in [0.2, 0.25) is 0 Å². The number of furan rings is 1. The maximum Gasteiger partial charge on any atom is 0.289 e. The van der Waals surface area contributed by atoms with Crippen molar-refractivity contribution in [1.82, 2.24) is 14.8 Å². The van der Waals surface area contributed by atoms with Crippen LogP contribution in [0.25, 0.3) is 22.4 Å². The van der Waals surface area contributed by atoms with Crippen molar-refractivity contribution >= 4 is 22.9 Å². The molecule has 2 aromatic heterocycles. The number of amides is 2. The maximum absolute atomic E-state index is 13.4. The van der Waals surface area contributed by atoms with Gasteiger partial charge in [-0.15, -0.1) is 0 Å². The van der Waals surface area contributed by atoms with Gasteiger partial charge in [0.15, 0.2) is 11.3 Å². The summed E-state index contributed by atoms with van der Waals surface area (Å²) in [4.78, 5) is 33.8. The quantitative estimate of drug-likeness (QED) is 0.547. The van der Waals surface area contributed by atoms with Crippen molar-refractivity contribution in [2.45, 2.75) is 53.1 Å². The van der Waals surface area contributed by atoms with Crippen LogP contribution in [-0.2, 0) is 4.79 Å². The number of benzene rings is 1. The molecule has 3 aromatic rings. The van der Waals surface area contributed by atoms with Crippen LogP contribution in [0, 0.1) is 11.2 Å². The SMILES string of the molecule is CC(C)c1cc(-c2ccc(F)cc2)nc2cc(C(=O)N3CCN(C(=O)[C@H](O)CC(C)(C)C)CC3)oc12. The van der Waals surface area contributed by atoms with Gasteiger partial charge in [0.1, 0.15) is 17.4 Å². The highest BCUT2D eigenvalue weighted by Gasteiger charge is 2.31. The first kappa shape index (κ1) is 25.8. The molecule has 0 bridgehead atoms. The van der Waals surface area contributed by atoms with Gasteiger partial charge in [-0.1, -0.05) is 34.6 Å². The van der Waals surface area contributed by atoms with Gasteiger partial charge in [0, 0.05) is 43.4 Å². The lowest BCUT2D eigenvalue weighted by Crippen LogP contribution is -2.53. The lowest BCUT2D eigenvalue weighted by molar-refractivity contribution is -0.143. The normalized spacial score (nSPS) is 15.6. The van der Waals surface area contributed by atoms with Gasteiger partial charge in [0.05, 0.1) is 5.69 Å². The summed E-state index contributed by atoms with van der Waals surface area (Å²) in [6.07, 6.45) is -0.659. The molecule has 2 amide bonds. The van der Waals surface area contributed by atoms with E-state index in [4.69, 9.17) is 4.42 Å². The number of piperazine rings is 1. The lowest BCUT2D eigenvalue weighted by atomic mass is 9.89. The van der Waals surface area contributed by atoms with Gasteiger partial charge < -0.3 is 19.3 Å². The summed E-state index contributed by atoms with van der Waals surface area (Å²) in [6.45, 7) is 11.5. The molecular weight excluding hydrogens is 461 g/mol. The van der Waals surface area contributed by atoms with Crippen LogP contribution in [0.15, 0.2) is 40.8 Å². The summed E-state index contributed by atoms with van der Waals surface area (Å²) in [5, 5.41) is 10.3. The summed E-state index contributed by atoms with van der Waals surface area (Å²) >= 11 is 0. The summed E-state index contributed by atoms with van der Waals surface area (Å²) in [6, 6.07) is 9.73. The van der Waals surface area contributed by atoms with Crippen molar-refractivity contribution in [1.29, 1.82) is 0 Å². The van der Waals surface area contributed by atoms with E-state index in [1.165, 1.54) is 12.1 Å². The van der Waals surface area contributed by atoms with E-state index in [9.17, 15) is 19.1 Å². The number of nitrogens with zero attached hydrogens (tertiary/aromatic N) is 3. The Labute approximate surface area is 210 Å². The highest BCUT2D eigenvalue weighted by Crippen LogP contribution is 2.32. The molecule has 192 valence electrons. The number of aliphatic hydroxyl groups excluding tert-OH is 1. The zero-order valence-corrected chi connectivity index (χ0v) is 21.5. The predicted octanol–water partition coefficient (Wildman–Crippen LogP) is 4.84. The third kappa shape index (κ3) is 5.59. The van der Waals surface area contributed by atoms with Gasteiger partial charge in [-0.3, -0.25) is 9.59 Å². The summed E-state index contributed by atoms with van der Waals surface area (Å²) in [5.74, 6) is -0.542. The van der Waals surface area contributed by atoms with E-state index >= 15 is 0 Å². The molecule has 0 unspecified atom stereocenters. The Balaban J connectivity index is 1.52. The van der Waals surface area contributed by atoms with Crippen LogP contribution in [-0.4, -0.2) is 64.0 Å². The van der Waals surface area contributed by atoms with E-state index in [-0.39, 0.29) is 34.7 Å². The van der Waals surface area contributed by atoms with Gasteiger partial charge in [-0.05, 0) is 48.1 Å². The molecule has 36 heavy (non-hydrogen) atoms. The van der Waals surface area contributed by atoms with E-state index < -0.39 is 6.10 Å². The van der Waals surface area contributed by atoms with Gasteiger partial charge in [0.2, 0.25) is 0 Å². The van der Waals surface area contributed by atoms with Crippen molar-refractivity contribution < 1.29 is 23.5 Å². The number of halogens is 1. The van der Waals surface area contributed by atoms with Gasteiger partial charge in [-0.2, -0.15) is 0 Å². The Kier molecular flexibility index (Phi) is 7.18. The number of carbonyl (C=O) groups excluding carboxylic acids is 2. The fourth-order valence-electron chi connectivity index (χ4n) is 4.51. The van der Waals surface area contributed by atoms with Crippen LogP contribution in [0.3, 0.4) is 0 Å². The van der Waals surface area contributed by atoms with E-state index in [2.05, 4.69) is 4.98 Å². The molecule has 1 N–H and O–H groups in total. The number of rotatable bonds is 5. The molecule has 1 saturated heterocycles.